The zero-order chi connectivity index (χ0) is 15.8. The van der Waals surface area contributed by atoms with Gasteiger partial charge in [-0.25, -0.2) is 17.9 Å². The minimum absolute atomic E-state index is 0.0801. The molecular formula is C13H16ClFN2O3S. The molecule has 1 aliphatic carbocycles. The standard InChI is InChI=1S/C13H16ClFN2O3S/c1-7(8-3-2-4-8)17-13(18)10-5-9(21(16,19)20)6-11(15)12(10)14/h5-8H,2-4H2,1H3,(H,17,18)(H2,16,19,20). The summed E-state index contributed by atoms with van der Waals surface area (Å²) in [6.45, 7) is 1.86. The number of primary sulfonamides is 1. The first-order valence-electron chi connectivity index (χ1n) is 6.53. The molecule has 1 unspecified atom stereocenters. The SMILES string of the molecule is CC(NC(=O)c1cc(S(N)(=O)=O)cc(F)c1Cl)C1CCC1. The summed E-state index contributed by atoms with van der Waals surface area (Å²) in [6.07, 6.45) is 3.18. The fraction of sp³-hybridized carbons (Fsp3) is 0.462. The van der Waals surface area contributed by atoms with E-state index < -0.39 is 31.7 Å². The van der Waals surface area contributed by atoms with Crippen molar-refractivity contribution in [3.8, 4) is 0 Å². The Hall–Kier alpha value is -1.18. The van der Waals surface area contributed by atoms with Crippen molar-refractivity contribution >= 4 is 27.5 Å². The van der Waals surface area contributed by atoms with Gasteiger partial charge in [0.15, 0.2) is 0 Å². The van der Waals surface area contributed by atoms with Crippen LogP contribution in [0.25, 0.3) is 0 Å². The molecule has 1 amide bonds. The molecule has 1 aliphatic rings. The molecule has 0 aromatic heterocycles. The molecule has 2 rings (SSSR count). The van der Waals surface area contributed by atoms with Gasteiger partial charge in [-0.1, -0.05) is 18.0 Å². The molecule has 0 radical (unpaired) electrons. The summed E-state index contributed by atoms with van der Waals surface area (Å²) in [5.74, 6) is -1.22. The Morgan fingerprint density at radius 3 is 2.57 bits per heavy atom. The Balaban J connectivity index is 2.29. The summed E-state index contributed by atoms with van der Waals surface area (Å²) < 4.78 is 36.3. The quantitative estimate of drug-likeness (QED) is 0.883. The van der Waals surface area contributed by atoms with Gasteiger partial charge in [0, 0.05) is 6.04 Å². The second kappa shape index (κ2) is 5.90. The zero-order valence-electron chi connectivity index (χ0n) is 11.4. The first kappa shape index (κ1) is 16.2. The van der Waals surface area contributed by atoms with Crippen molar-refractivity contribution in [3.63, 3.8) is 0 Å². The number of amides is 1. The van der Waals surface area contributed by atoms with Gasteiger partial charge in [0.05, 0.1) is 15.5 Å². The van der Waals surface area contributed by atoms with E-state index in [2.05, 4.69) is 5.32 Å². The minimum Gasteiger partial charge on any atom is -0.349 e. The third-order valence-corrected chi connectivity index (χ3v) is 5.07. The second-order valence-corrected chi connectivity index (χ2v) is 7.20. The predicted molar refractivity (Wildman–Crippen MR) is 77.1 cm³/mol. The van der Waals surface area contributed by atoms with E-state index in [0.29, 0.717) is 12.0 Å². The summed E-state index contributed by atoms with van der Waals surface area (Å²) in [6, 6.07) is 1.61. The molecule has 1 aromatic carbocycles. The molecule has 1 aromatic rings. The summed E-state index contributed by atoms with van der Waals surface area (Å²) in [5.41, 5.74) is -0.230. The molecule has 116 valence electrons. The van der Waals surface area contributed by atoms with Gasteiger partial charge in [-0.05, 0) is 37.8 Å². The predicted octanol–water partition coefficient (Wildman–Crippen LogP) is 2.04. The highest BCUT2D eigenvalue weighted by atomic mass is 35.5. The summed E-state index contributed by atoms with van der Waals surface area (Å²) >= 11 is 5.75. The monoisotopic (exact) mass is 334 g/mol. The van der Waals surface area contributed by atoms with Gasteiger partial charge in [0.2, 0.25) is 10.0 Å². The van der Waals surface area contributed by atoms with E-state index in [9.17, 15) is 17.6 Å². The van der Waals surface area contributed by atoms with Gasteiger partial charge in [0.25, 0.3) is 5.91 Å². The second-order valence-electron chi connectivity index (χ2n) is 5.26. The number of nitrogens with one attached hydrogen (secondary N) is 1. The van der Waals surface area contributed by atoms with Crippen molar-refractivity contribution in [3.05, 3.63) is 28.5 Å². The first-order valence-corrected chi connectivity index (χ1v) is 8.45. The van der Waals surface area contributed by atoms with E-state index in [4.69, 9.17) is 16.7 Å². The van der Waals surface area contributed by atoms with Crippen LogP contribution < -0.4 is 10.5 Å². The molecule has 0 saturated heterocycles. The topological polar surface area (TPSA) is 89.3 Å². The van der Waals surface area contributed by atoms with Gasteiger partial charge in [-0.15, -0.1) is 0 Å². The molecule has 3 N–H and O–H groups in total. The highest BCUT2D eigenvalue weighted by Gasteiger charge is 2.27. The van der Waals surface area contributed by atoms with Crippen LogP contribution in [0.15, 0.2) is 17.0 Å². The van der Waals surface area contributed by atoms with E-state index >= 15 is 0 Å². The summed E-state index contributed by atoms with van der Waals surface area (Å²) in [7, 11) is -4.12. The maximum absolute atomic E-state index is 13.7. The summed E-state index contributed by atoms with van der Waals surface area (Å²) in [4.78, 5) is 11.7. The molecule has 5 nitrogen and oxygen atoms in total. The first-order chi connectivity index (χ1) is 9.70. The molecule has 1 atom stereocenters. The molecule has 0 spiro atoms. The van der Waals surface area contributed by atoms with E-state index in [-0.39, 0.29) is 11.6 Å². The Morgan fingerprint density at radius 2 is 2.10 bits per heavy atom. The van der Waals surface area contributed by atoms with Crippen molar-refractivity contribution in [1.29, 1.82) is 0 Å². The van der Waals surface area contributed by atoms with Crippen LogP contribution in [0.5, 0.6) is 0 Å². The van der Waals surface area contributed by atoms with Crippen LogP contribution in [0, 0.1) is 11.7 Å². The number of sulfonamides is 1. The molecule has 21 heavy (non-hydrogen) atoms. The fourth-order valence-electron chi connectivity index (χ4n) is 2.24. The van der Waals surface area contributed by atoms with Crippen molar-refractivity contribution in [1.82, 2.24) is 5.32 Å². The molecule has 0 bridgehead atoms. The van der Waals surface area contributed by atoms with Crippen LogP contribution in [-0.2, 0) is 10.0 Å². The van der Waals surface area contributed by atoms with Crippen LogP contribution >= 0.6 is 11.6 Å². The third-order valence-electron chi connectivity index (χ3n) is 3.79. The Kier molecular flexibility index (Phi) is 4.55. The number of carbonyl (C=O) groups is 1. The van der Waals surface area contributed by atoms with E-state index in [1.165, 1.54) is 0 Å². The van der Waals surface area contributed by atoms with E-state index in [1.807, 2.05) is 6.92 Å². The average molecular weight is 335 g/mol. The van der Waals surface area contributed by atoms with E-state index in [1.54, 1.807) is 0 Å². The van der Waals surface area contributed by atoms with Gasteiger partial charge in [-0.3, -0.25) is 4.79 Å². The lowest BCUT2D eigenvalue weighted by atomic mass is 9.80. The number of benzene rings is 1. The van der Waals surface area contributed by atoms with E-state index in [0.717, 1.165) is 25.3 Å². The van der Waals surface area contributed by atoms with Crippen LogP contribution in [0.2, 0.25) is 5.02 Å². The van der Waals surface area contributed by atoms with Gasteiger partial charge in [0.1, 0.15) is 5.82 Å². The Labute approximate surface area is 127 Å². The lowest BCUT2D eigenvalue weighted by molar-refractivity contribution is 0.0908. The van der Waals surface area contributed by atoms with Crippen molar-refractivity contribution in [2.75, 3.05) is 0 Å². The zero-order valence-corrected chi connectivity index (χ0v) is 13.0. The number of nitrogens with two attached hydrogens (primary N) is 1. The van der Waals surface area contributed by atoms with Crippen LogP contribution in [-0.4, -0.2) is 20.4 Å². The smallest absolute Gasteiger partial charge is 0.253 e. The number of halogens is 2. The maximum atomic E-state index is 13.7. The molecule has 1 saturated carbocycles. The van der Waals surface area contributed by atoms with Crippen LogP contribution in [0.4, 0.5) is 4.39 Å². The molecule has 1 fully saturated rings. The largest absolute Gasteiger partial charge is 0.349 e. The van der Waals surface area contributed by atoms with Crippen molar-refractivity contribution < 1.29 is 17.6 Å². The number of hydrogen-bond donors (Lipinski definition) is 2. The molecule has 0 heterocycles. The fourth-order valence-corrected chi connectivity index (χ4v) is 2.98. The van der Waals surface area contributed by atoms with Crippen LogP contribution in [0.3, 0.4) is 0 Å². The highest BCUT2D eigenvalue weighted by molar-refractivity contribution is 7.89. The Morgan fingerprint density at radius 1 is 1.48 bits per heavy atom. The number of carbonyl (C=O) groups excluding carboxylic acids is 1. The van der Waals surface area contributed by atoms with Gasteiger partial charge < -0.3 is 5.32 Å². The Bertz CT molecular complexity index is 674. The molecular weight excluding hydrogens is 319 g/mol. The number of hydrogen-bond acceptors (Lipinski definition) is 3. The number of rotatable bonds is 4. The normalized spacial score (nSPS) is 17.1. The van der Waals surface area contributed by atoms with Gasteiger partial charge >= 0.3 is 0 Å². The van der Waals surface area contributed by atoms with Crippen LogP contribution in [0.1, 0.15) is 36.5 Å². The minimum atomic E-state index is -4.12. The average Bonchev–Trinajstić information content (AvgIpc) is 2.28. The van der Waals surface area contributed by atoms with Crippen molar-refractivity contribution in [2.24, 2.45) is 11.1 Å². The lowest BCUT2D eigenvalue weighted by Gasteiger charge is -2.32. The third kappa shape index (κ3) is 3.53. The van der Waals surface area contributed by atoms with Gasteiger partial charge in [-0.2, -0.15) is 0 Å². The molecule has 0 aliphatic heterocycles. The maximum Gasteiger partial charge on any atom is 0.253 e. The molecule has 8 heteroatoms. The van der Waals surface area contributed by atoms with Crippen molar-refractivity contribution in [2.45, 2.75) is 37.1 Å². The highest BCUT2D eigenvalue weighted by Crippen LogP contribution is 2.30. The summed E-state index contributed by atoms with van der Waals surface area (Å²) in [5, 5.41) is 7.26. The lowest BCUT2D eigenvalue weighted by Crippen LogP contribution is -2.40.